The second kappa shape index (κ2) is 8.00. The SMILES string of the molecule is Cc1nn(C2CCS(=O)(=O)C2)c2nc(C3CC3)cc(C(=O)N3CCN(c4ncccn4)CC3)c12. The summed E-state index contributed by atoms with van der Waals surface area (Å²) >= 11 is 0. The minimum absolute atomic E-state index is 0.0235. The van der Waals surface area contributed by atoms with Crippen molar-refractivity contribution < 1.29 is 13.2 Å². The van der Waals surface area contributed by atoms with Crippen molar-refractivity contribution in [1.82, 2.24) is 29.6 Å². The zero-order chi connectivity index (χ0) is 23.4. The van der Waals surface area contributed by atoms with Crippen molar-refractivity contribution in [3.05, 3.63) is 41.5 Å². The summed E-state index contributed by atoms with van der Waals surface area (Å²) in [5.74, 6) is 1.26. The zero-order valence-corrected chi connectivity index (χ0v) is 19.9. The first kappa shape index (κ1) is 21.5. The third kappa shape index (κ3) is 3.81. The van der Waals surface area contributed by atoms with Crippen LogP contribution in [0.2, 0.25) is 0 Å². The van der Waals surface area contributed by atoms with Crippen molar-refractivity contribution in [3.63, 3.8) is 0 Å². The molecule has 6 rings (SSSR count). The standard InChI is InChI=1S/C23H27N7O3S/c1-15-20-18(22(31)28-8-10-29(11-9-28)23-24-6-2-7-25-23)13-19(16-3-4-16)26-21(20)30(27-15)17-5-12-34(32,33)14-17/h2,6-7,13,16-17H,3-5,8-12,14H2,1H3. The topological polar surface area (TPSA) is 114 Å². The summed E-state index contributed by atoms with van der Waals surface area (Å²) in [5, 5.41) is 5.44. The Kier molecular flexibility index (Phi) is 5.05. The van der Waals surface area contributed by atoms with Gasteiger partial charge in [-0.1, -0.05) is 0 Å². The highest BCUT2D eigenvalue weighted by molar-refractivity contribution is 7.91. The summed E-state index contributed by atoms with van der Waals surface area (Å²) in [4.78, 5) is 31.3. The van der Waals surface area contributed by atoms with Crippen LogP contribution in [0.5, 0.6) is 0 Å². The van der Waals surface area contributed by atoms with E-state index in [2.05, 4.69) is 14.9 Å². The van der Waals surface area contributed by atoms with Crippen LogP contribution in [-0.4, -0.2) is 81.6 Å². The normalized spacial score (nSPS) is 22.4. The van der Waals surface area contributed by atoms with Gasteiger partial charge in [-0.25, -0.2) is 28.1 Å². The molecule has 1 saturated carbocycles. The summed E-state index contributed by atoms with van der Waals surface area (Å²) in [6.07, 6.45) is 6.10. The van der Waals surface area contributed by atoms with Crippen molar-refractivity contribution in [1.29, 1.82) is 0 Å². The Morgan fingerprint density at radius 2 is 1.79 bits per heavy atom. The number of anilines is 1. The fourth-order valence-corrected chi connectivity index (χ4v) is 6.74. The third-order valence-electron chi connectivity index (χ3n) is 7.04. The minimum atomic E-state index is -3.07. The number of carbonyl (C=O) groups excluding carboxylic acids is 1. The molecular formula is C23H27N7O3S. The molecule has 0 spiro atoms. The number of piperazine rings is 1. The highest BCUT2D eigenvalue weighted by atomic mass is 32.2. The molecule has 1 amide bonds. The lowest BCUT2D eigenvalue weighted by Crippen LogP contribution is -2.49. The average Bonchev–Trinajstić information content (AvgIpc) is 3.57. The second-order valence-electron chi connectivity index (χ2n) is 9.48. The maximum Gasteiger partial charge on any atom is 0.254 e. The number of amides is 1. The van der Waals surface area contributed by atoms with Crippen LogP contribution in [-0.2, 0) is 9.84 Å². The molecule has 1 atom stereocenters. The lowest BCUT2D eigenvalue weighted by atomic mass is 10.1. The van der Waals surface area contributed by atoms with E-state index in [1.807, 2.05) is 17.9 Å². The van der Waals surface area contributed by atoms with Gasteiger partial charge in [0.25, 0.3) is 5.91 Å². The molecule has 10 nitrogen and oxygen atoms in total. The molecule has 0 aromatic carbocycles. The van der Waals surface area contributed by atoms with Crippen LogP contribution in [0.4, 0.5) is 5.95 Å². The molecular weight excluding hydrogens is 454 g/mol. The average molecular weight is 482 g/mol. The molecule has 1 aliphatic carbocycles. The molecule has 5 heterocycles. The lowest BCUT2D eigenvalue weighted by Gasteiger charge is -2.34. The van der Waals surface area contributed by atoms with Gasteiger partial charge in [-0.3, -0.25) is 4.79 Å². The van der Waals surface area contributed by atoms with Crippen LogP contribution in [0.3, 0.4) is 0 Å². The lowest BCUT2D eigenvalue weighted by molar-refractivity contribution is 0.0748. The number of pyridine rings is 1. The van der Waals surface area contributed by atoms with Crippen molar-refractivity contribution in [2.45, 2.75) is 38.1 Å². The van der Waals surface area contributed by atoms with E-state index in [1.54, 1.807) is 23.1 Å². The second-order valence-corrected chi connectivity index (χ2v) is 11.7. The van der Waals surface area contributed by atoms with Crippen molar-refractivity contribution in [2.75, 3.05) is 42.6 Å². The Morgan fingerprint density at radius 3 is 2.44 bits per heavy atom. The molecule has 178 valence electrons. The monoisotopic (exact) mass is 481 g/mol. The van der Waals surface area contributed by atoms with Crippen molar-refractivity contribution >= 4 is 32.7 Å². The van der Waals surface area contributed by atoms with Crippen LogP contribution in [0.1, 0.15) is 53.0 Å². The van der Waals surface area contributed by atoms with Crippen LogP contribution in [0.15, 0.2) is 24.5 Å². The molecule has 11 heteroatoms. The molecule has 34 heavy (non-hydrogen) atoms. The summed E-state index contributed by atoms with van der Waals surface area (Å²) in [5.41, 5.74) is 2.90. The van der Waals surface area contributed by atoms with Gasteiger partial charge in [-0.05, 0) is 38.3 Å². The van der Waals surface area contributed by atoms with E-state index in [0.29, 0.717) is 61.4 Å². The molecule has 3 aromatic rings. The van der Waals surface area contributed by atoms with Crippen LogP contribution in [0, 0.1) is 6.92 Å². The number of rotatable bonds is 4. The molecule has 0 radical (unpaired) electrons. The van der Waals surface area contributed by atoms with E-state index < -0.39 is 9.84 Å². The Morgan fingerprint density at radius 1 is 1.06 bits per heavy atom. The Hall–Kier alpha value is -3.08. The Bertz CT molecular complexity index is 1360. The maximum absolute atomic E-state index is 13.8. The van der Waals surface area contributed by atoms with Gasteiger partial charge in [-0.2, -0.15) is 5.10 Å². The molecule has 2 aliphatic heterocycles. The predicted molar refractivity (Wildman–Crippen MR) is 127 cm³/mol. The number of sulfone groups is 1. The summed E-state index contributed by atoms with van der Waals surface area (Å²) in [7, 11) is -3.07. The number of aryl methyl sites for hydroxylation is 1. The fraction of sp³-hybridized carbons (Fsp3) is 0.522. The molecule has 3 aromatic heterocycles. The smallest absolute Gasteiger partial charge is 0.254 e. The van der Waals surface area contributed by atoms with E-state index in [4.69, 9.17) is 10.1 Å². The quantitative estimate of drug-likeness (QED) is 0.554. The minimum Gasteiger partial charge on any atom is -0.337 e. The largest absolute Gasteiger partial charge is 0.337 e. The van der Waals surface area contributed by atoms with Gasteiger partial charge in [-0.15, -0.1) is 0 Å². The zero-order valence-electron chi connectivity index (χ0n) is 19.1. The first-order chi connectivity index (χ1) is 16.4. The van der Waals surface area contributed by atoms with Crippen LogP contribution in [0.25, 0.3) is 11.0 Å². The fourth-order valence-electron chi connectivity index (χ4n) is 5.05. The van der Waals surface area contributed by atoms with Gasteiger partial charge in [0.15, 0.2) is 15.5 Å². The number of nitrogens with zero attached hydrogens (tertiary/aromatic N) is 7. The molecule has 0 N–H and O–H groups in total. The Labute approximate surface area is 197 Å². The molecule has 3 fully saturated rings. The number of carbonyl (C=O) groups is 1. The van der Waals surface area contributed by atoms with Crippen molar-refractivity contribution in [2.24, 2.45) is 0 Å². The number of hydrogen-bond donors (Lipinski definition) is 0. The molecule has 1 unspecified atom stereocenters. The first-order valence-corrected chi connectivity index (χ1v) is 13.6. The number of fused-ring (bicyclic) bond motifs is 1. The third-order valence-corrected chi connectivity index (χ3v) is 8.79. The maximum atomic E-state index is 13.8. The summed E-state index contributed by atoms with van der Waals surface area (Å²) in [6.45, 7) is 4.36. The van der Waals surface area contributed by atoms with E-state index in [0.717, 1.165) is 23.9 Å². The predicted octanol–water partition coefficient (Wildman–Crippen LogP) is 1.73. The Balaban J connectivity index is 1.33. The summed E-state index contributed by atoms with van der Waals surface area (Å²) in [6, 6.07) is 3.50. The van der Waals surface area contributed by atoms with Gasteiger partial charge in [0.2, 0.25) is 5.95 Å². The van der Waals surface area contributed by atoms with E-state index in [9.17, 15) is 13.2 Å². The van der Waals surface area contributed by atoms with E-state index >= 15 is 0 Å². The number of aromatic nitrogens is 5. The molecule has 3 aliphatic rings. The first-order valence-electron chi connectivity index (χ1n) is 11.8. The van der Waals surface area contributed by atoms with Gasteiger partial charge in [0.1, 0.15) is 0 Å². The van der Waals surface area contributed by atoms with E-state index in [1.165, 1.54) is 0 Å². The highest BCUT2D eigenvalue weighted by Gasteiger charge is 2.35. The van der Waals surface area contributed by atoms with Gasteiger partial charge >= 0.3 is 0 Å². The molecule has 0 bridgehead atoms. The van der Waals surface area contributed by atoms with Crippen molar-refractivity contribution in [3.8, 4) is 0 Å². The summed E-state index contributed by atoms with van der Waals surface area (Å²) < 4.78 is 26.0. The molecule has 2 saturated heterocycles. The number of hydrogen-bond acceptors (Lipinski definition) is 8. The van der Waals surface area contributed by atoms with Gasteiger partial charge in [0, 0.05) is 50.2 Å². The van der Waals surface area contributed by atoms with Crippen LogP contribution >= 0.6 is 0 Å². The van der Waals surface area contributed by atoms with Gasteiger partial charge < -0.3 is 9.80 Å². The highest BCUT2D eigenvalue weighted by Crippen LogP contribution is 2.41. The van der Waals surface area contributed by atoms with Crippen LogP contribution < -0.4 is 4.90 Å². The van der Waals surface area contributed by atoms with E-state index in [-0.39, 0.29) is 23.5 Å². The van der Waals surface area contributed by atoms with Gasteiger partial charge in [0.05, 0.1) is 34.2 Å².